The highest BCUT2D eigenvalue weighted by Crippen LogP contribution is 2.20. The Bertz CT molecular complexity index is 526. The van der Waals surface area contributed by atoms with E-state index in [0.717, 1.165) is 11.3 Å². The van der Waals surface area contributed by atoms with Gasteiger partial charge in [-0.15, -0.1) is 0 Å². The van der Waals surface area contributed by atoms with Crippen LogP contribution in [0.2, 0.25) is 0 Å². The second-order valence-electron chi connectivity index (χ2n) is 4.14. The number of rotatable bonds is 5. The number of nitrogens with zero attached hydrogens (tertiary/aromatic N) is 1. The number of nitrogens with one attached hydrogen (secondary N) is 1. The molecule has 1 aromatic heterocycles. The van der Waals surface area contributed by atoms with Gasteiger partial charge in [-0.05, 0) is 42.0 Å². The molecule has 0 radical (unpaired) electrons. The van der Waals surface area contributed by atoms with Gasteiger partial charge in [-0.25, -0.2) is 0 Å². The average molecular weight is 282 g/mol. The zero-order chi connectivity index (χ0) is 14.4. The molecule has 0 saturated carbocycles. The van der Waals surface area contributed by atoms with E-state index in [0.29, 0.717) is 6.54 Å². The lowest BCUT2D eigenvalue weighted by atomic mass is 10.2. The van der Waals surface area contributed by atoms with E-state index >= 15 is 0 Å². The SMILES string of the molecule is FC(F)(F)COc1ccc(NCc2ccncc2)cc1. The van der Waals surface area contributed by atoms with E-state index in [-0.39, 0.29) is 5.75 Å². The van der Waals surface area contributed by atoms with Crippen molar-refractivity contribution in [2.24, 2.45) is 0 Å². The number of hydrogen-bond donors (Lipinski definition) is 1. The highest BCUT2D eigenvalue weighted by molar-refractivity contribution is 5.46. The molecule has 0 aliphatic heterocycles. The summed E-state index contributed by atoms with van der Waals surface area (Å²) < 4.78 is 40.6. The van der Waals surface area contributed by atoms with Crippen molar-refractivity contribution in [3.05, 3.63) is 54.4 Å². The highest BCUT2D eigenvalue weighted by Gasteiger charge is 2.28. The van der Waals surface area contributed by atoms with Crippen LogP contribution in [0.25, 0.3) is 0 Å². The zero-order valence-corrected chi connectivity index (χ0v) is 10.5. The van der Waals surface area contributed by atoms with Crippen molar-refractivity contribution in [1.82, 2.24) is 4.98 Å². The lowest BCUT2D eigenvalue weighted by molar-refractivity contribution is -0.153. The van der Waals surface area contributed by atoms with Gasteiger partial charge in [0.25, 0.3) is 0 Å². The minimum absolute atomic E-state index is 0.191. The second-order valence-corrected chi connectivity index (χ2v) is 4.14. The molecule has 0 amide bonds. The number of benzene rings is 1. The molecule has 0 atom stereocenters. The molecule has 0 aliphatic rings. The van der Waals surface area contributed by atoms with Crippen LogP contribution < -0.4 is 10.1 Å². The van der Waals surface area contributed by atoms with Crippen LogP contribution in [0.1, 0.15) is 5.56 Å². The number of pyridine rings is 1. The van der Waals surface area contributed by atoms with Crippen molar-refractivity contribution >= 4 is 5.69 Å². The van der Waals surface area contributed by atoms with Gasteiger partial charge in [0.15, 0.2) is 6.61 Å². The lowest BCUT2D eigenvalue weighted by Crippen LogP contribution is -2.19. The summed E-state index contributed by atoms with van der Waals surface area (Å²) in [6, 6.07) is 10.1. The maximum atomic E-state index is 12.0. The topological polar surface area (TPSA) is 34.1 Å². The Morgan fingerprint density at radius 3 is 2.25 bits per heavy atom. The number of ether oxygens (including phenoxy) is 1. The summed E-state index contributed by atoms with van der Waals surface area (Å²) >= 11 is 0. The maximum Gasteiger partial charge on any atom is 0.422 e. The van der Waals surface area contributed by atoms with Crippen LogP contribution in [0.15, 0.2) is 48.8 Å². The van der Waals surface area contributed by atoms with E-state index in [1.165, 1.54) is 12.1 Å². The van der Waals surface area contributed by atoms with Gasteiger partial charge in [-0.1, -0.05) is 0 Å². The first-order valence-electron chi connectivity index (χ1n) is 5.95. The minimum atomic E-state index is -4.32. The zero-order valence-electron chi connectivity index (χ0n) is 10.5. The molecule has 0 spiro atoms. The Kier molecular flexibility index (Phi) is 4.45. The molecule has 6 heteroatoms. The molecule has 0 saturated heterocycles. The molecule has 0 unspecified atom stereocenters. The third-order valence-electron chi connectivity index (χ3n) is 2.50. The number of hydrogen-bond acceptors (Lipinski definition) is 3. The quantitative estimate of drug-likeness (QED) is 0.909. The summed E-state index contributed by atoms with van der Waals surface area (Å²) in [7, 11) is 0. The van der Waals surface area contributed by atoms with Crippen LogP contribution >= 0.6 is 0 Å². The van der Waals surface area contributed by atoms with Gasteiger partial charge < -0.3 is 10.1 Å². The average Bonchev–Trinajstić information content (AvgIpc) is 2.44. The van der Waals surface area contributed by atoms with Crippen LogP contribution in [-0.2, 0) is 6.54 Å². The van der Waals surface area contributed by atoms with Gasteiger partial charge in [-0.3, -0.25) is 4.98 Å². The van der Waals surface area contributed by atoms with Crippen molar-refractivity contribution in [2.75, 3.05) is 11.9 Å². The molecule has 0 bridgehead atoms. The van der Waals surface area contributed by atoms with Crippen molar-refractivity contribution < 1.29 is 17.9 Å². The lowest BCUT2D eigenvalue weighted by Gasteiger charge is -2.10. The fraction of sp³-hybridized carbons (Fsp3) is 0.214. The van der Waals surface area contributed by atoms with E-state index in [9.17, 15) is 13.2 Å². The molecular weight excluding hydrogens is 269 g/mol. The first-order valence-corrected chi connectivity index (χ1v) is 5.95. The molecule has 106 valence electrons. The van der Waals surface area contributed by atoms with Gasteiger partial charge in [0.05, 0.1) is 0 Å². The summed E-state index contributed by atoms with van der Waals surface area (Å²) in [5.41, 5.74) is 1.87. The predicted octanol–water partition coefficient (Wildman–Crippen LogP) is 3.63. The van der Waals surface area contributed by atoms with Gasteiger partial charge >= 0.3 is 6.18 Å². The third kappa shape index (κ3) is 4.79. The molecule has 0 aliphatic carbocycles. The van der Waals surface area contributed by atoms with Gasteiger partial charge in [0.1, 0.15) is 5.75 Å². The van der Waals surface area contributed by atoms with Crippen LogP contribution in [0.3, 0.4) is 0 Å². The predicted molar refractivity (Wildman–Crippen MR) is 69.6 cm³/mol. The van der Waals surface area contributed by atoms with Crippen LogP contribution in [-0.4, -0.2) is 17.8 Å². The molecule has 1 N–H and O–H groups in total. The first-order chi connectivity index (χ1) is 9.53. The Balaban J connectivity index is 1.85. The normalized spacial score (nSPS) is 11.2. The molecule has 1 aromatic carbocycles. The van der Waals surface area contributed by atoms with E-state index in [2.05, 4.69) is 15.0 Å². The standard InChI is InChI=1S/C14H13F3N2O/c15-14(16,17)10-20-13-3-1-12(2-4-13)19-9-11-5-7-18-8-6-11/h1-8,19H,9-10H2. The van der Waals surface area contributed by atoms with E-state index in [1.807, 2.05) is 12.1 Å². The fourth-order valence-corrected chi connectivity index (χ4v) is 1.54. The summed E-state index contributed by atoms with van der Waals surface area (Å²) in [5.74, 6) is 0.191. The van der Waals surface area contributed by atoms with Crippen molar-refractivity contribution in [1.29, 1.82) is 0 Å². The van der Waals surface area contributed by atoms with Gasteiger partial charge in [0.2, 0.25) is 0 Å². The molecule has 2 aromatic rings. The largest absolute Gasteiger partial charge is 0.484 e. The van der Waals surface area contributed by atoms with Crippen LogP contribution in [0, 0.1) is 0 Å². The summed E-state index contributed by atoms with van der Waals surface area (Å²) in [6.07, 6.45) is -0.922. The molecule has 0 fully saturated rings. The monoisotopic (exact) mass is 282 g/mol. The Labute approximate surface area is 114 Å². The molecule has 1 heterocycles. The Morgan fingerprint density at radius 1 is 1.00 bits per heavy atom. The molecule has 3 nitrogen and oxygen atoms in total. The van der Waals surface area contributed by atoms with Crippen LogP contribution in [0.5, 0.6) is 5.75 Å². The summed E-state index contributed by atoms with van der Waals surface area (Å²) in [4.78, 5) is 3.92. The molecule has 20 heavy (non-hydrogen) atoms. The maximum absolute atomic E-state index is 12.0. The number of anilines is 1. The minimum Gasteiger partial charge on any atom is -0.484 e. The first kappa shape index (κ1) is 14.2. The van der Waals surface area contributed by atoms with Crippen LogP contribution in [0.4, 0.5) is 18.9 Å². The van der Waals surface area contributed by atoms with E-state index in [1.54, 1.807) is 24.5 Å². The molecular formula is C14H13F3N2O. The van der Waals surface area contributed by atoms with Gasteiger partial charge in [-0.2, -0.15) is 13.2 Å². The fourth-order valence-electron chi connectivity index (χ4n) is 1.54. The number of alkyl halides is 3. The second kappa shape index (κ2) is 6.27. The smallest absolute Gasteiger partial charge is 0.422 e. The van der Waals surface area contributed by atoms with Crippen molar-refractivity contribution in [3.63, 3.8) is 0 Å². The highest BCUT2D eigenvalue weighted by atomic mass is 19.4. The Hall–Kier alpha value is -2.24. The van der Waals surface area contributed by atoms with E-state index < -0.39 is 12.8 Å². The summed E-state index contributed by atoms with van der Waals surface area (Å²) in [6.45, 7) is -0.665. The number of aromatic nitrogens is 1. The number of halogens is 3. The van der Waals surface area contributed by atoms with E-state index in [4.69, 9.17) is 0 Å². The Morgan fingerprint density at radius 2 is 1.65 bits per heavy atom. The van der Waals surface area contributed by atoms with Crippen molar-refractivity contribution in [2.45, 2.75) is 12.7 Å². The third-order valence-corrected chi connectivity index (χ3v) is 2.50. The molecule has 2 rings (SSSR count). The van der Waals surface area contributed by atoms with Crippen molar-refractivity contribution in [3.8, 4) is 5.75 Å². The summed E-state index contributed by atoms with van der Waals surface area (Å²) in [5, 5.41) is 3.15. The van der Waals surface area contributed by atoms with Gasteiger partial charge in [0, 0.05) is 24.6 Å².